The number of nitrogens with zero attached hydrogens (tertiary/aromatic N) is 2. The Morgan fingerprint density at radius 2 is 1.88 bits per heavy atom. The van der Waals surface area contributed by atoms with Gasteiger partial charge in [-0.1, -0.05) is 31.5 Å². The summed E-state index contributed by atoms with van der Waals surface area (Å²) >= 11 is 1.32. The van der Waals surface area contributed by atoms with Gasteiger partial charge in [-0.25, -0.2) is 13.4 Å². The first kappa shape index (κ1) is 20.5. The van der Waals surface area contributed by atoms with E-state index in [2.05, 4.69) is 10.3 Å². The lowest BCUT2D eigenvalue weighted by Gasteiger charge is -2.22. The number of hydrogen-bond donors (Lipinski definition) is 1. The van der Waals surface area contributed by atoms with Crippen LogP contribution in [0.4, 0.5) is 5.13 Å². The number of rotatable bonds is 8. The summed E-state index contributed by atoms with van der Waals surface area (Å²) in [6.45, 7) is 7.84. The van der Waals surface area contributed by atoms with Gasteiger partial charge in [0.25, 0.3) is 0 Å². The fourth-order valence-electron chi connectivity index (χ4n) is 2.28. The second-order valence-electron chi connectivity index (χ2n) is 6.68. The molecule has 0 saturated heterocycles. The van der Waals surface area contributed by atoms with Gasteiger partial charge >= 0.3 is 0 Å². The maximum atomic E-state index is 13.0. The Morgan fingerprint density at radius 1 is 1.23 bits per heavy atom. The predicted octanol–water partition coefficient (Wildman–Crippen LogP) is 3.44. The summed E-state index contributed by atoms with van der Waals surface area (Å²) in [7, 11) is -3.74. The molecule has 0 aliphatic carbocycles. The second-order valence-corrected chi connectivity index (χ2v) is 9.47. The smallest absolute Gasteiger partial charge is 0.243 e. The highest BCUT2D eigenvalue weighted by Crippen LogP contribution is 2.19. The fourth-order valence-corrected chi connectivity index (χ4v) is 4.39. The van der Waals surface area contributed by atoms with Crippen LogP contribution in [-0.4, -0.2) is 36.7 Å². The molecule has 1 aromatic heterocycles. The molecule has 26 heavy (non-hydrogen) atoms. The summed E-state index contributed by atoms with van der Waals surface area (Å²) in [5.41, 5.74) is 1.80. The van der Waals surface area contributed by atoms with E-state index in [9.17, 15) is 13.2 Å². The number of amides is 1. The molecule has 2 rings (SSSR count). The number of benzene rings is 1. The van der Waals surface area contributed by atoms with Crippen molar-refractivity contribution in [1.29, 1.82) is 0 Å². The maximum Gasteiger partial charge on any atom is 0.243 e. The fraction of sp³-hybridized carbons (Fsp3) is 0.444. The number of carbonyl (C=O) groups is 1. The third-order valence-corrected chi connectivity index (χ3v) is 6.53. The lowest BCUT2D eigenvalue weighted by atomic mass is 10.1. The molecule has 0 bridgehead atoms. The standard InChI is InChI=1S/C18H25N3O3S2/c1-13(2)9-10-21(11-17(22)20-18-19-15(4)12-25-18)26(23,24)16-7-5-14(3)6-8-16/h5-8,12-13H,9-11H2,1-4H3,(H,19,20,22). The van der Waals surface area contributed by atoms with Gasteiger partial charge in [0.1, 0.15) is 0 Å². The highest BCUT2D eigenvalue weighted by molar-refractivity contribution is 7.89. The average molecular weight is 396 g/mol. The van der Waals surface area contributed by atoms with E-state index in [1.807, 2.05) is 33.1 Å². The van der Waals surface area contributed by atoms with Crippen LogP contribution in [0.15, 0.2) is 34.5 Å². The number of aromatic nitrogens is 1. The van der Waals surface area contributed by atoms with Crippen LogP contribution in [0.5, 0.6) is 0 Å². The molecular formula is C18H25N3O3S2. The molecule has 0 saturated carbocycles. The zero-order valence-corrected chi connectivity index (χ0v) is 17.2. The number of hydrogen-bond acceptors (Lipinski definition) is 5. The van der Waals surface area contributed by atoms with Crippen molar-refractivity contribution < 1.29 is 13.2 Å². The number of carbonyl (C=O) groups excluding carboxylic acids is 1. The van der Waals surface area contributed by atoms with Gasteiger partial charge in [-0.15, -0.1) is 11.3 Å². The van der Waals surface area contributed by atoms with Crippen molar-refractivity contribution in [1.82, 2.24) is 9.29 Å². The van der Waals surface area contributed by atoms with Crippen LogP contribution < -0.4 is 5.32 Å². The molecule has 0 unspecified atom stereocenters. The van der Waals surface area contributed by atoms with Crippen LogP contribution >= 0.6 is 11.3 Å². The molecule has 1 amide bonds. The highest BCUT2D eigenvalue weighted by atomic mass is 32.2. The first-order valence-corrected chi connectivity index (χ1v) is 10.8. The largest absolute Gasteiger partial charge is 0.301 e. The first-order valence-electron chi connectivity index (χ1n) is 8.47. The van der Waals surface area contributed by atoms with E-state index < -0.39 is 15.9 Å². The Morgan fingerprint density at radius 3 is 2.42 bits per heavy atom. The zero-order valence-electron chi connectivity index (χ0n) is 15.5. The third kappa shape index (κ3) is 5.62. The van der Waals surface area contributed by atoms with Crippen molar-refractivity contribution in [3.63, 3.8) is 0 Å². The quantitative estimate of drug-likeness (QED) is 0.743. The summed E-state index contributed by atoms with van der Waals surface area (Å²) in [4.78, 5) is 16.7. The van der Waals surface area contributed by atoms with Gasteiger partial charge in [0.2, 0.25) is 15.9 Å². The van der Waals surface area contributed by atoms with Gasteiger partial charge in [0.15, 0.2) is 5.13 Å². The topological polar surface area (TPSA) is 79.4 Å². The molecular weight excluding hydrogens is 370 g/mol. The van der Waals surface area contributed by atoms with Crippen molar-refractivity contribution in [3.05, 3.63) is 40.9 Å². The Labute approximate surface area is 159 Å². The van der Waals surface area contributed by atoms with Gasteiger partial charge in [0.05, 0.1) is 17.1 Å². The molecule has 0 atom stereocenters. The van der Waals surface area contributed by atoms with Crippen LogP contribution in [0.25, 0.3) is 0 Å². The summed E-state index contributed by atoms with van der Waals surface area (Å²) in [5, 5.41) is 4.98. The molecule has 1 heterocycles. The Balaban J connectivity index is 2.18. The van der Waals surface area contributed by atoms with E-state index in [4.69, 9.17) is 0 Å². The summed E-state index contributed by atoms with van der Waals surface area (Å²) in [6.07, 6.45) is 0.675. The highest BCUT2D eigenvalue weighted by Gasteiger charge is 2.26. The van der Waals surface area contributed by atoms with Crippen LogP contribution in [0.1, 0.15) is 31.5 Å². The van der Waals surface area contributed by atoms with E-state index in [-0.39, 0.29) is 18.0 Å². The number of aryl methyl sites for hydroxylation is 2. The minimum absolute atomic E-state index is 0.199. The van der Waals surface area contributed by atoms with Gasteiger partial charge in [0, 0.05) is 11.9 Å². The number of anilines is 1. The normalized spacial score (nSPS) is 11.9. The van der Waals surface area contributed by atoms with Gasteiger partial charge < -0.3 is 5.32 Å². The van der Waals surface area contributed by atoms with E-state index in [0.717, 1.165) is 11.3 Å². The third-order valence-electron chi connectivity index (χ3n) is 3.80. The van der Waals surface area contributed by atoms with Gasteiger partial charge in [-0.2, -0.15) is 4.31 Å². The minimum Gasteiger partial charge on any atom is -0.301 e. The molecule has 8 heteroatoms. The lowest BCUT2D eigenvalue weighted by Crippen LogP contribution is -2.39. The van der Waals surface area contributed by atoms with Crippen LogP contribution in [0.2, 0.25) is 0 Å². The second kappa shape index (κ2) is 8.75. The van der Waals surface area contributed by atoms with Crippen molar-refractivity contribution in [3.8, 4) is 0 Å². The van der Waals surface area contributed by atoms with Crippen molar-refractivity contribution in [2.45, 2.75) is 39.0 Å². The van der Waals surface area contributed by atoms with Crippen LogP contribution in [0.3, 0.4) is 0 Å². The molecule has 0 fully saturated rings. The SMILES string of the molecule is Cc1ccc(S(=O)(=O)N(CCC(C)C)CC(=O)Nc2nc(C)cs2)cc1. The van der Waals surface area contributed by atoms with Crippen molar-refractivity contribution >= 4 is 32.4 Å². The Hall–Kier alpha value is -1.77. The van der Waals surface area contributed by atoms with Gasteiger partial charge in [-0.3, -0.25) is 4.79 Å². The van der Waals surface area contributed by atoms with E-state index in [0.29, 0.717) is 17.5 Å². The molecule has 2 aromatic rings. The lowest BCUT2D eigenvalue weighted by molar-refractivity contribution is -0.116. The number of sulfonamides is 1. The van der Waals surface area contributed by atoms with E-state index >= 15 is 0 Å². The summed E-state index contributed by atoms with van der Waals surface area (Å²) < 4.78 is 27.2. The Bertz CT molecular complexity index is 843. The van der Waals surface area contributed by atoms with E-state index in [1.54, 1.807) is 24.3 Å². The molecule has 6 nitrogen and oxygen atoms in total. The van der Waals surface area contributed by atoms with E-state index in [1.165, 1.54) is 15.6 Å². The van der Waals surface area contributed by atoms with Crippen LogP contribution in [0, 0.1) is 19.8 Å². The minimum atomic E-state index is -3.74. The molecule has 142 valence electrons. The zero-order chi connectivity index (χ0) is 19.3. The molecule has 0 aliphatic rings. The first-order chi connectivity index (χ1) is 12.2. The number of thiazole rings is 1. The van der Waals surface area contributed by atoms with Crippen LogP contribution in [-0.2, 0) is 14.8 Å². The van der Waals surface area contributed by atoms with Gasteiger partial charge in [-0.05, 0) is 38.3 Å². The molecule has 1 aromatic carbocycles. The summed E-state index contributed by atoms with van der Waals surface area (Å²) in [6, 6.07) is 6.67. The Kier molecular flexibility index (Phi) is 6.91. The average Bonchev–Trinajstić information content (AvgIpc) is 2.96. The monoisotopic (exact) mass is 395 g/mol. The predicted molar refractivity (Wildman–Crippen MR) is 105 cm³/mol. The molecule has 0 aliphatic heterocycles. The molecule has 0 spiro atoms. The number of nitrogens with one attached hydrogen (secondary N) is 1. The molecule has 0 radical (unpaired) electrons. The maximum absolute atomic E-state index is 13.0. The van der Waals surface area contributed by atoms with Crippen molar-refractivity contribution in [2.75, 3.05) is 18.4 Å². The van der Waals surface area contributed by atoms with Crippen molar-refractivity contribution in [2.24, 2.45) is 5.92 Å². The molecule has 1 N–H and O–H groups in total. The summed E-state index contributed by atoms with van der Waals surface area (Å²) in [5.74, 6) is -0.0609.